The van der Waals surface area contributed by atoms with Gasteiger partial charge in [-0.2, -0.15) is 0 Å². The summed E-state index contributed by atoms with van der Waals surface area (Å²) in [6.07, 6.45) is 7.69. The van der Waals surface area contributed by atoms with Gasteiger partial charge in [-0.1, -0.05) is 6.92 Å². The third-order valence-electron chi connectivity index (χ3n) is 4.88. The van der Waals surface area contributed by atoms with Crippen LogP contribution in [0.25, 0.3) is 0 Å². The predicted octanol–water partition coefficient (Wildman–Crippen LogP) is 2.34. The molecule has 1 N–H and O–H groups in total. The molecule has 0 aromatic rings. The summed E-state index contributed by atoms with van der Waals surface area (Å²) in [7, 11) is 0. The van der Waals surface area contributed by atoms with E-state index in [2.05, 4.69) is 5.32 Å². The fourth-order valence-corrected chi connectivity index (χ4v) is 4.45. The van der Waals surface area contributed by atoms with Crippen molar-refractivity contribution in [3.63, 3.8) is 0 Å². The number of hydrogen-bond donors (Lipinski definition) is 1. The third-order valence-corrected chi connectivity index (χ3v) is 4.88. The largest absolute Gasteiger partial charge is 0.353 e. The molecular weight excluding hydrogens is 186 g/mol. The van der Waals surface area contributed by atoms with E-state index in [-0.39, 0.29) is 5.91 Å². The van der Waals surface area contributed by atoms with Crippen LogP contribution in [0.4, 0.5) is 0 Å². The zero-order chi connectivity index (χ0) is 10.4. The minimum atomic E-state index is 0.257. The molecule has 0 unspecified atom stereocenters. The van der Waals surface area contributed by atoms with E-state index in [1.807, 2.05) is 6.92 Å². The standard InChI is InChI=1S/C13H21NO/c1-2-12(15)14-13-10-4-8-3-9(6-10)7-11(13)5-8/h8-11,13H,2-7H2,1H3,(H,14,15). The zero-order valence-electron chi connectivity index (χ0n) is 9.54. The Bertz CT molecular complexity index is 246. The first-order valence-electron chi connectivity index (χ1n) is 6.55. The van der Waals surface area contributed by atoms with Gasteiger partial charge in [-0.25, -0.2) is 0 Å². The van der Waals surface area contributed by atoms with E-state index in [1.54, 1.807) is 0 Å². The van der Waals surface area contributed by atoms with E-state index in [0.29, 0.717) is 12.5 Å². The molecule has 0 radical (unpaired) electrons. The van der Waals surface area contributed by atoms with Crippen LogP contribution in [0.2, 0.25) is 0 Å². The van der Waals surface area contributed by atoms with Crippen molar-refractivity contribution in [2.45, 2.75) is 51.5 Å². The molecule has 0 atom stereocenters. The van der Waals surface area contributed by atoms with Crippen molar-refractivity contribution < 1.29 is 4.79 Å². The highest BCUT2D eigenvalue weighted by atomic mass is 16.1. The maximum absolute atomic E-state index is 11.5. The van der Waals surface area contributed by atoms with Gasteiger partial charge in [0.05, 0.1) is 0 Å². The molecule has 1 amide bonds. The second-order valence-corrected chi connectivity index (χ2v) is 5.88. The Morgan fingerprint density at radius 2 is 1.60 bits per heavy atom. The summed E-state index contributed by atoms with van der Waals surface area (Å²) in [6.45, 7) is 1.95. The number of amides is 1. The first kappa shape index (κ1) is 9.68. The SMILES string of the molecule is CCC(=O)NC1C2CC3CC(C2)CC1C3. The summed E-state index contributed by atoms with van der Waals surface area (Å²) in [5, 5.41) is 3.27. The van der Waals surface area contributed by atoms with E-state index in [0.717, 1.165) is 23.7 Å². The number of rotatable bonds is 2. The normalized spacial score (nSPS) is 46.9. The molecule has 15 heavy (non-hydrogen) atoms. The van der Waals surface area contributed by atoms with Gasteiger partial charge in [0, 0.05) is 12.5 Å². The van der Waals surface area contributed by atoms with Crippen LogP contribution in [0, 0.1) is 23.7 Å². The van der Waals surface area contributed by atoms with E-state index in [4.69, 9.17) is 0 Å². The molecule has 2 heteroatoms. The summed E-state index contributed by atoms with van der Waals surface area (Å²) in [5.41, 5.74) is 0. The fraction of sp³-hybridized carbons (Fsp3) is 0.923. The lowest BCUT2D eigenvalue weighted by Gasteiger charge is -2.54. The van der Waals surface area contributed by atoms with E-state index in [9.17, 15) is 4.79 Å². The third kappa shape index (κ3) is 1.58. The Balaban J connectivity index is 1.72. The van der Waals surface area contributed by atoms with Gasteiger partial charge in [0.15, 0.2) is 0 Å². The molecule has 0 aromatic carbocycles. The van der Waals surface area contributed by atoms with Crippen LogP contribution >= 0.6 is 0 Å². The van der Waals surface area contributed by atoms with Crippen LogP contribution in [-0.4, -0.2) is 11.9 Å². The van der Waals surface area contributed by atoms with E-state index < -0.39 is 0 Å². The van der Waals surface area contributed by atoms with E-state index >= 15 is 0 Å². The van der Waals surface area contributed by atoms with Crippen molar-refractivity contribution in [2.24, 2.45) is 23.7 Å². The monoisotopic (exact) mass is 207 g/mol. The molecule has 4 saturated carbocycles. The maximum Gasteiger partial charge on any atom is 0.219 e. The van der Waals surface area contributed by atoms with Crippen molar-refractivity contribution in [1.29, 1.82) is 0 Å². The van der Waals surface area contributed by atoms with Gasteiger partial charge in [0.1, 0.15) is 0 Å². The highest BCUT2D eigenvalue weighted by Gasteiger charge is 2.48. The number of carbonyl (C=O) groups is 1. The van der Waals surface area contributed by atoms with Crippen LogP contribution in [-0.2, 0) is 4.79 Å². The molecule has 4 fully saturated rings. The molecule has 0 aromatic heterocycles. The minimum Gasteiger partial charge on any atom is -0.353 e. The van der Waals surface area contributed by atoms with Crippen molar-refractivity contribution in [3.8, 4) is 0 Å². The molecule has 84 valence electrons. The topological polar surface area (TPSA) is 29.1 Å². The molecule has 2 nitrogen and oxygen atoms in total. The number of hydrogen-bond acceptors (Lipinski definition) is 1. The van der Waals surface area contributed by atoms with Gasteiger partial charge >= 0.3 is 0 Å². The first-order valence-corrected chi connectivity index (χ1v) is 6.55. The average molecular weight is 207 g/mol. The Morgan fingerprint density at radius 1 is 1.07 bits per heavy atom. The number of carbonyl (C=O) groups excluding carboxylic acids is 1. The first-order chi connectivity index (χ1) is 7.26. The van der Waals surface area contributed by atoms with E-state index in [1.165, 1.54) is 32.1 Å². The second-order valence-electron chi connectivity index (χ2n) is 5.88. The van der Waals surface area contributed by atoms with Crippen molar-refractivity contribution in [2.75, 3.05) is 0 Å². The average Bonchev–Trinajstić information content (AvgIpc) is 2.22. The summed E-state index contributed by atoms with van der Waals surface area (Å²) in [4.78, 5) is 11.5. The van der Waals surface area contributed by atoms with Gasteiger partial charge in [-0.3, -0.25) is 4.79 Å². The van der Waals surface area contributed by atoms with Gasteiger partial charge in [-0.05, 0) is 55.8 Å². The summed E-state index contributed by atoms with van der Waals surface area (Å²) in [6, 6.07) is 0.533. The highest BCUT2D eigenvalue weighted by Crippen LogP contribution is 2.53. The molecule has 4 aliphatic rings. The summed E-state index contributed by atoms with van der Waals surface area (Å²) in [5.74, 6) is 3.89. The molecule has 0 spiro atoms. The second kappa shape index (κ2) is 3.50. The Morgan fingerprint density at radius 3 is 2.07 bits per heavy atom. The summed E-state index contributed by atoms with van der Waals surface area (Å²) >= 11 is 0. The fourth-order valence-electron chi connectivity index (χ4n) is 4.45. The van der Waals surface area contributed by atoms with Crippen LogP contribution in [0.15, 0.2) is 0 Å². The molecular formula is C13H21NO. The summed E-state index contributed by atoms with van der Waals surface area (Å²) < 4.78 is 0. The maximum atomic E-state index is 11.5. The highest BCUT2D eigenvalue weighted by molar-refractivity contribution is 5.75. The molecule has 0 heterocycles. The van der Waals surface area contributed by atoms with Crippen LogP contribution in [0.3, 0.4) is 0 Å². The molecule has 4 bridgehead atoms. The lowest BCUT2D eigenvalue weighted by molar-refractivity contribution is -0.124. The van der Waals surface area contributed by atoms with Crippen molar-refractivity contribution in [1.82, 2.24) is 5.32 Å². The Kier molecular flexibility index (Phi) is 2.26. The van der Waals surface area contributed by atoms with Gasteiger partial charge in [0.2, 0.25) is 5.91 Å². The van der Waals surface area contributed by atoms with Crippen molar-refractivity contribution in [3.05, 3.63) is 0 Å². The molecule has 4 rings (SSSR count). The minimum absolute atomic E-state index is 0.257. The molecule has 0 saturated heterocycles. The Labute approximate surface area is 91.8 Å². The van der Waals surface area contributed by atoms with Crippen LogP contribution in [0.5, 0.6) is 0 Å². The zero-order valence-corrected chi connectivity index (χ0v) is 9.54. The van der Waals surface area contributed by atoms with Crippen LogP contribution in [0.1, 0.15) is 45.4 Å². The lowest BCUT2D eigenvalue weighted by Crippen LogP contribution is -2.55. The predicted molar refractivity (Wildman–Crippen MR) is 59.3 cm³/mol. The number of nitrogens with one attached hydrogen (secondary N) is 1. The Hall–Kier alpha value is -0.530. The van der Waals surface area contributed by atoms with Crippen LogP contribution < -0.4 is 5.32 Å². The quantitative estimate of drug-likeness (QED) is 0.740. The van der Waals surface area contributed by atoms with Crippen molar-refractivity contribution >= 4 is 5.91 Å². The van der Waals surface area contributed by atoms with Gasteiger partial charge in [-0.15, -0.1) is 0 Å². The van der Waals surface area contributed by atoms with Gasteiger partial charge in [0.25, 0.3) is 0 Å². The lowest BCUT2D eigenvalue weighted by atomic mass is 9.54. The molecule has 0 aliphatic heterocycles. The smallest absolute Gasteiger partial charge is 0.219 e. The van der Waals surface area contributed by atoms with Gasteiger partial charge < -0.3 is 5.32 Å². The molecule has 4 aliphatic carbocycles.